The lowest BCUT2D eigenvalue weighted by molar-refractivity contribution is -0.145. The minimum Gasteiger partial charge on any atom is -0.481 e. The van der Waals surface area contributed by atoms with Crippen molar-refractivity contribution in [2.45, 2.75) is 109 Å². The summed E-state index contributed by atoms with van der Waals surface area (Å²) in [7, 11) is 0. The lowest BCUT2D eigenvalue weighted by Gasteiger charge is -2.31. The molecule has 0 aliphatic rings. The van der Waals surface area contributed by atoms with Crippen molar-refractivity contribution < 1.29 is 49.5 Å². The van der Waals surface area contributed by atoms with Crippen molar-refractivity contribution in [3.05, 3.63) is 35.9 Å². The average Bonchev–Trinajstić information content (AvgIpc) is 3.00. The molecule has 0 aromatic heterocycles. The first-order valence-corrected chi connectivity index (χ1v) is 15.8. The molecular formula is C32H53N5O10. The fourth-order valence-electron chi connectivity index (χ4n) is 4.72. The van der Waals surface area contributed by atoms with Gasteiger partial charge in [0.15, 0.2) is 6.10 Å². The lowest BCUT2D eigenvalue weighted by Crippen LogP contribution is -2.60. The molecule has 47 heavy (non-hydrogen) atoms. The fourth-order valence-corrected chi connectivity index (χ4v) is 4.72. The van der Waals surface area contributed by atoms with Crippen molar-refractivity contribution in [2.24, 2.45) is 23.5 Å². The van der Waals surface area contributed by atoms with Crippen molar-refractivity contribution in [1.82, 2.24) is 21.3 Å². The standard InChI is InChI=1S/C32H53N5O10/c1-16(2)12-21(35-29(44)22(13-17(3)4)36-31(46)25(33)18(5)6)30(45)37-23(15-38)26(41)27(42)28(43)32(47)34-20(14-24(39)40)19-10-8-7-9-11-19/h7-11,16-18,20-23,25-28,38,41-43H,12-15,33H2,1-6H3,(H,34,47)(H,35,44)(H,36,46)(H,37,45)(H,39,40). The Bertz CT molecular complexity index is 1170. The first kappa shape index (κ1) is 41.4. The van der Waals surface area contributed by atoms with E-state index >= 15 is 0 Å². The van der Waals surface area contributed by atoms with E-state index in [0.717, 1.165) is 0 Å². The van der Waals surface area contributed by atoms with Crippen molar-refractivity contribution >= 4 is 29.6 Å². The molecule has 266 valence electrons. The summed E-state index contributed by atoms with van der Waals surface area (Å²) in [4.78, 5) is 63.4. The van der Waals surface area contributed by atoms with Gasteiger partial charge in [-0.3, -0.25) is 24.0 Å². The molecule has 0 bridgehead atoms. The molecule has 15 nitrogen and oxygen atoms in total. The van der Waals surface area contributed by atoms with Crippen LogP contribution in [0.3, 0.4) is 0 Å². The van der Waals surface area contributed by atoms with Gasteiger partial charge in [0.1, 0.15) is 24.3 Å². The van der Waals surface area contributed by atoms with Gasteiger partial charge in [0.25, 0.3) is 5.91 Å². The zero-order valence-electron chi connectivity index (χ0n) is 27.9. The second-order valence-electron chi connectivity index (χ2n) is 12.9. The lowest BCUT2D eigenvalue weighted by atomic mass is 9.97. The number of carboxylic acid groups (broad SMARTS) is 1. The predicted octanol–water partition coefficient (Wildman–Crippen LogP) is -1.08. The number of nitrogens with one attached hydrogen (secondary N) is 4. The quantitative estimate of drug-likeness (QED) is 0.0800. The zero-order valence-corrected chi connectivity index (χ0v) is 27.9. The average molecular weight is 668 g/mol. The van der Waals surface area contributed by atoms with Gasteiger partial charge in [-0.1, -0.05) is 71.9 Å². The Hall–Kier alpha value is -3.63. The molecule has 11 N–H and O–H groups in total. The van der Waals surface area contributed by atoms with E-state index in [1.54, 1.807) is 58.0 Å². The number of amides is 4. The molecule has 0 saturated carbocycles. The summed E-state index contributed by atoms with van der Waals surface area (Å²) in [5.74, 6) is -4.76. The van der Waals surface area contributed by atoms with Crippen LogP contribution < -0.4 is 27.0 Å². The van der Waals surface area contributed by atoms with Crippen LogP contribution in [0.25, 0.3) is 0 Å². The summed E-state index contributed by atoms with van der Waals surface area (Å²) in [6.45, 7) is 9.91. The highest BCUT2D eigenvalue weighted by molar-refractivity contribution is 5.93. The number of aliphatic hydroxyl groups is 4. The summed E-state index contributed by atoms with van der Waals surface area (Å²) in [5.41, 5.74) is 6.36. The van der Waals surface area contributed by atoms with Crippen molar-refractivity contribution in [2.75, 3.05) is 6.61 Å². The molecule has 8 unspecified atom stereocenters. The maximum absolute atomic E-state index is 13.3. The molecule has 0 aliphatic carbocycles. The number of carbonyl (C=O) groups excluding carboxylic acids is 4. The van der Waals surface area contributed by atoms with E-state index in [4.69, 9.17) is 5.73 Å². The Kier molecular flexibility index (Phi) is 17.5. The predicted molar refractivity (Wildman–Crippen MR) is 172 cm³/mol. The number of carboxylic acids is 1. The van der Waals surface area contributed by atoms with E-state index in [0.29, 0.717) is 5.56 Å². The van der Waals surface area contributed by atoms with Gasteiger partial charge >= 0.3 is 5.97 Å². The third kappa shape index (κ3) is 13.9. The molecule has 0 radical (unpaired) electrons. The number of hydrogen-bond acceptors (Lipinski definition) is 10. The minimum absolute atomic E-state index is 0.00942. The van der Waals surface area contributed by atoms with Gasteiger partial charge in [-0.2, -0.15) is 0 Å². The van der Waals surface area contributed by atoms with E-state index < -0.39 is 91.1 Å². The Balaban J connectivity index is 3.07. The van der Waals surface area contributed by atoms with Gasteiger partial charge in [0.2, 0.25) is 17.7 Å². The van der Waals surface area contributed by atoms with Crippen LogP contribution in [0.1, 0.15) is 72.4 Å². The second kappa shape index (κ2) is 19.9. The largest absolute Gasteiger partial charge is 0.481 e. The van der Waals surface area contributed by atoms with Crippen LogP contribution in [-0.2, 0) is 24.0 Å². The van der Waals surface area contributed by atoms with Crippen LogP contribution in [0.2, 0.25) is 0 Å². The fraction of sp³-hybridized carbons (Fsp3) is 0.656. The Morgan fingerprint density at radius 3 is 1.64 bits per heavy atom. The summed E-state index contributed by atoms with van der Waals surface area (Å²) in [5, 5.41) is 61.1. The maximum atomic E-state index is 13.3. The first-order valence-electron chi connectivity index (χ1n) is 15.8. The highest BCUT2D eigenvalue weighted by atomic mass is 16.4. The van der Waals surface area contributed by atoms with Crippen molar-refractivity contribution in [3.63, 3.8) is 0 Å². The molecule has 1 rings (SSSR count). The third-order valence-corrected chi connectivity index (χ3v) is 7.48. The molecule has 1 aromatic carbocycles. The second-order valence-corrected chi connectivity index (χ2v) is 12.9. The number of benzene rings is 1. The zero-order chi connectivity index (χ0) is 36.0. The SMILES string of the molecule is CC(C)CC(NC(=O)C(CC(C)C)NC(=O)C(N)C(C)C)C(=O)NC(CO)C(O)C(O)C(O)C(=O)NC(CC(=O)O)c1ccccc1. The van der Waals surface area contributed by atoms with Gasteiger partial charge in [0.05, 0.1) is 31.2 Å². The molecule has 0 fully saturated rings. The van der Waals surface area contributed by atoms with E-state index in [1.807, 2.05) is 13.8 Å². The molecule has 4 amide bonds. The molecule has 0 aliphatic heterocycles. The summed E-state index contributed by atoms with van der Waals surface area (Å²) < 4.78 is 0. The number of aliphatic carboxylic acids is 1. The van der Waals surface area contributed by atoms with Crippen LogP contribution in [0.15, 0.2) is 30.3 Å². The van der Waals surface area contributed by atoms with Crippen LogP contribution in [0.4, 0.5) is 0 Å². The number of aliphatic hydroxyl groups excluding tert-OH is 4. The molecule has 1 aromatic rings. The monoisotopic (exact) mass is 667 g/mol. The highest BCUT2D eigenvalue weighted by Gasteiger charge is 2.38. The molecule has 0 spiro atoms. The summed E-state index contributed by atoms with van der Waals surface area (Å²) in [6.07, 6.45) is -6.73. The maximum Gasteiger partial charge on any atom is 0.305 e. The van der Waals surface area contributed by atoms with Gasteiger partial charge in [0, 0.05) is 0 Å². The molecule has 15 heteroatoms. The summed E-state index contributed by atoms with van der Waals surface area (Å²) >= 11 is 0. The molecule has 8 atom stereocenters. The molecular weight excluding hydrogens is 614 g/mol. The van der Waals surface area contributed by atoms with Gasteiger partial charge in [-0.15, -0.1) is 0 Å². The highest BCUT2D eigenvalue weighted by Crippen LogP contribution is 2.18. The van der Waals surface area contributed by atoms with Crippen LogP contribution in [0, 0.1) is 17.8 Å². The van der Waals surface area contributed by atoms with Crippen LogP contribution in [0.5, 0.6) is 0 Å². The van der Waals surface area contributed by atoms with Crippen LogP contribution >= 0.6 is 0 Å². The Morgan fingerprint density at radius 1 is 0.702 bits per heavy atom. The number of hydrogen-bond donors (Lipinski definition) is 10. The van der Waals surface area contributed by atoms with E-state index in [1.165, 1.54) is 0 Å². The number of rotatable bonds is 20. The first-order chi connectivity index (χ1) is 21.9. The smallest absolute Gasteiger partial charge is 0.305 e. The molecule has 0 heterocycles. The number of carbonyl (C=O) groups is 5. The van der Waals surface area contributed by atoms with E-state index in [2.05, 4.69) is 21.3 Å². The minimum atomic E-state index is -2.28. The van der Waals surface area contributed by atoms with E-state index in [-0.39, 0.29) is 30.6 Å². The Morgan fingerprint density at radius 2 is 1.19 bits per heavy atom. The van der Waals surface area contributed by atoms with Crippen molar-refractivity contribution in [3.8, 4) is 0 Å². The summed E-state index contributed by atoms with van der Waals surface area (Å²) in [6, 6.07) is 2.34. The molecule has 0 saturated heterocycles. The van der Waals surface area contributed by atoms with Crippen molar-refractivity contribution in [1.29, 1.82) is 0 Å². The van der Waals surface area contributed by atoms with Crippen LogP contribution in [-0.4, -0.2) is 104 Å². The van der Waals surface area contributed by atoms with Gasteiger partial charge < -0.3 is 52.5 Å². The van der Waals surface area contributed by atoms with Gasteiger partial charge in [-0.25, -0.2) is 0 Å². The Labute approximate surface area is 275 Å². The number of nitrogens with two attached hydrogens (primary N) is 1. The topological polar surface area (TPSA) is 261 Å². The van der Waals surface area contributed by atoms with E-state index in [9.17, 15) is 49.5 Å². The van der Waals surface area contributed by atoms with Gasteiger partial charge in [-0.05, 0) is 36.2 Å². The third-order valence-electron chi connectivity index (χ3n) is 7.48. The normalized spacial score (nSPS) is 16.7.